The summed E-state index contributed by atoms with van der Waals surface area (Å²) in [4.78, 5) is 31.1. The van der Waals surface area contributed by atoms with E-state index in [0.717, 1.165) is 19.3 Å². The maximum absolute atomic E-state index is 12.8. The maximum atomic E-state index is 12.8. The molecule has 1 aromatic rings. The van der Waals surface area contributed by atoms with Crippen molar-refractivity contribution in [3.05, 3.63) is 42.2 Å². The number of carbonyl (C=O) groups is 2. The van der Waals surface area contributed by atoms with Gasteiger partial charge in [0.25, 0.3) is 5.91 Å². The summed E-state index contributed by atoms with van der Waals surface area (Å²) in [6.45, 7) is 4.80. The topological polar surface area (TPSA) is 62.3 Å². The minimum Gasteiger partial charge on any atom is -0.349 e. The lowest BCUT2D eigenvalue weighted by molar-refractivity contribution is -0.138. The maximum Gasteiger partial charge on any atom is 0.251 e. The van der Waals surface area contributed by atoms with E-state index in [-0.39, 0.29) is 28.7 Å². The Morgan fingerprint density at radius 3 is 2.63 bits per heavy atom. The van der Waals surface area contributed by atoms with Crippen LogP contribution in [-0.4, -0.2) is 40.8 Å². The van der Waals surface area contributed by atoms with Gasteiger partial charge in [-0.25, -0.2) is 0 Å². The molecule has 0 spiro atoms. The average Bonchev–Trinajstić information content (AvgIpc) is 3.08. The lowest BCUT2D eigenvalue weighted by Gasteiger charge is -2.60. The molecule has 160 valence electrons. The second-order valence-corrected chi connectivity index (χ2v) is 10.5. The van der Waals surface area contributed by atoms with Crippen LogP contribution in [0.2, 0.25) is 0 Å². The minimum atomic E-state index is 0.0254. The molecule has 0 radical (unpaired) electrons. The third-order valence-electron chi connectivity index (χ3n) is 9.38. The molecule has 2 heterocycles. The predicted octanol–water partition coefficient (Wildman–Crippen LogP) is 3.82. The molecular formula is C25H33N3O2. The smallest absolute Gasteiger partial charge is 0.251 e. The molecule has 2 unspecified atom stereocenters. The van der Waals surface area contributed by atoms with E-state index in [1.807, 2.05) is 11.9 Å². The van der Waals surface area contributed by atoms with Crippen LogP contribution in [0.3, 0.4) is 0 Å². The van der Waals surface area contributed by atoms with Crippen LogP contribution >= 0.6 is 0 Å². The van der Waals surface area contributed by atoms with Crippen molar-refractivity contribution in [2.24, 2.45) is 28.6 Å². The third kappa shape index (κ3) is 2.77. The molecule has 0 saturated heterocycles. The Hall–Kier alpha value is -2.17. The molecule has 1 N–H and O–H groups in total. The number of amides is 2. The SMILES string of the molecule is CN1C(=O)C=C[C@]2(C)[C@H]3CCC4(C)C(NC(=O)c5ccncc5)CC[C@H]4[C@@H]3CC[C@@H]12. The van der Waals surface area contributed by atoms with Gasteiger partial charge in [0.2, 0.25) is 5.91 Å². The first-order valence-corrected chi connectivity index (χ1v) is 11.5. The van der Waals surface area contributed by atoms with E-state index < -0.39 is 0 Å². The van der Waals surface area contributed by atoms with Gasteiger partial charge in [0.05, 0.1) is 0 Å². The van der Waals surface area contributed by atoms with Gasteiger partial charge in [-0.05, 0) is 79.9 Å². The number of likely N-dealkylation sites (N-methyl/N-ethyl adjacent to an activating group) is 1. The molecule has 5 heteroatoms. The highest BCUT2D eigenvalue weighted by Gasteiger charge is 2.60. The Kier molecular flexibility index (Phi) is 4.57. The fourth-order valence-corrected chi connectivity index (χ4v) is 7.72. The van der Waals surface area contributed by atoms with Crippen LogP contribution in [0.5, 0.6) is 0 Å². The minimum absolute atomic E-state index is 0.0254. The summed E-state index contributed by atoms with van der Waals surface area (Å²) in [5.74, 6) is 2.12. The molecule has 7 atom stereocenters. The number of rotatable bonds is 2. The summed E-state index contributed by atoms with van der Waals surface area (Å²) >= 11 is 0. The summed E-state index contributed by atoms with van der Waals surface area (Å²) in [6, 6.07) is 4.14. The molecule has 1 aromatic heterocycles. The van der Waals surface area contributed by atoms with Gasteiger partial charge in [-0.15, -0.1) is 0 Å². The fraction of sp³-hybridized carbons (Fsp3) is 0.640. The van der Waals surface area contributed by atoms with Crippen molar-refractivity contribution in [3.63, 3.8) is 0 Å². The van der Waals surface area contributed by atoms with Gasteiger partial charge in [-0.1, -0.05) is 19.9 Å². The highest BCUT2D eigenvalue weighted by atomic mass is 16.2. The van der Waals surface area contributed by atoms with Gasteiger partial charge in [-0.2, -0.15) is 0 Å². The fourth-order valence-electron chi connectivity index (χ4n) is 7.72. The first-order chi connectivity index (χ1) is 14.3. The van der Waals surface area contributed by atoms with Gasteiger partial charge in [0.1, 0.15) is 0 Å². The second kappa shape index (κ2) is 6.93. The first-order valence-electron chi connectivity index (χ1n) is 11.5. The highest BCUT2D eigenvalue weighted by molar-refractivity contribution is 5.94. The Morgan fingerprint density at radius 2 is 1.87 bits per heavy atom. The van der Waals surface area contributed by atoms with Crippen LogP contribution in [0, 0.1) is 28.6 Å². The number of pyridine rings is 1. The number of aromatic nitrogens is 1. The molecule has 30 heavy (non-hydrogen) atoms. The molecule has 3 fully saturated rings. The lowest BCUT2D eigenvalue weighted by Crippen LogP contribution is -2.60. The summed E-state index contributed by atoms with van der Waals surface area (Å²) in [7, 11) is 1.97. The Bertz CT molecular complexity index is 884. The summed E-state index contributed by atoms with van der Waals surface area (Å²) in [5, 5.41) is 3.38. The largest absolute Gasteiger partial charge is 0.349 e. The van der Waals surface area contributed by atoms with Crippen LogP contribution in [0.15, 0.2) is 36.7 Å². The van der Waals surface area contributed by atoms with Crippen molar-refractivity contribution < 1.29 is 9.59 Å². The van der Waals surface area contributed by atoms with Crippen LogP contribution in [0.4, 0.5) is 0 Å². The Labute approximate surface area is 179 Å². The zero-order valence-electron chi connectivity index (χ0n) is 18.3. The summed E-state index contributed by atoms with van der Waals surface area (Å²) < 4.78 is 0. The first kappa shape index (κ1) is 19.8. The second-order valence-electron chi connectivity index (χ2n) is 10.5. The molecule has 2 amide bonds. The van der Waals surface area contributed by atoms with Crippen molar-refractivity contribution in [2.75, 3.05) is 7.05 Å². The van der Waals surface area contributed by atoms with Gasteiger partial charge in [0, 0.05) is 42.5 Å². The number of carbonyl (C=O) groups excluding carboxylic acids is 2. The molecular weight excluding hydrogens is 374 g/mol. The van der Waals surface area contributed by atoms with Crippen molar-refractivity contribution in [3.8, 4) is 0 Å². The monoisotopic (exact) mass is 407 g/mol. The molecule has 4 aliphatic rings. The summed E-state index contributed by atoms with van der Waals surface area (Å²) in [6.07, 6.45) is 14.3. The normalized spacial score (nSPS) is 42.3. The van der Waals surface area contributed by atoms with Crippen LogP contribution in [0.1, 0.15) is 62.7 Å². The zero-order chi connectivity index (χ0) is 21.1. The standard InChI is InChI=1S/C25H33N3O2/c1-24-12-8-19-17(4-7-21-25(19,2)13-9-22(29)28(21)3)18(24)5-6-20(24)27-23(30)16-10-14-26-15-11-16/h9-11,13-15,17-21H,4-8,12H2,1-3H3,(H,27,30)/t17-,18-,19-,20?,21+,24?,25+/m0/s1. The van der Waals surface area contributed by atoms with Crippen molar-refractivity contribution >= 4 is 11.8 Å². The summed E-state index contributed by atoms with van der Waals surface area (Å²) in [5.41, 5.74) is 0.928. The van der Waals surface area contributed by atoms with Crippen molar-refractivity contribution in [1.29, 1.82) is 0 Å². The highest BCUT2D eigenvalue weighted by Crippen LogP contribution is 2.63. The number of hydrogen-bond acceptors (Lipinski definition) is 3. The van der Waals surface area contributed by atoms with Crippen LogP contribution in [-0.2, 0) is 4.79 Å². The molecule has 3 aliphatic carbocycles. The number of nitrogens with zero attached hydrogens (tertiary/aromatic N) is 2. The molecule has 0 aromatic carbocycles. The molecule has 5 rings (SSSR count). The molecule has 1 aliphatic heterocycles. The predicted molar refractivity (Wildman–Crippen MR) is 116 cm³/mol. The van der Waals surface area contributed by atoms with E-state index >= 15 is 0 Å². The molecule has 0 bridgehead atoms. The van der Waals surface area contributed by atoms with E-state index in [1.165, 1.54) is 19.3 Å². The van der Waals surface area contributed by atoms with Gasteiger partial charge in [-0.3, -0.25) is 14.6 Å². The van der Waals surface area contributed by atoms with E-state index in [4.69, 9.17) is 0 Å². The zero-order valence-corrected chi connectivity index (χ0v) is 18.3. The van der Waals surface area contributed by atoms with Crippen molar-refractivity contribution in [2.45, 2.75) is 64.5 Å². The molecule has 3 saturated carbocycles. The van der Waals surface area contributed by atoms with E-state index in [0.29, 0.717) is 29.4 Å². The van der Waals surface area contributed by atoms with E-state index in [1.54, 1.807) is 30.6 Å². The Morgan fingerprint density at radius 1 is 1.10 bits per heavy atom. The van der Waals surface area contributed by atoms with Gasteiger partial charge < -0.3 is 10.2 Å². The van der Waals surface area contributed by atoms with E-state index in [9.17, 15) is 9.59 Å². The number of nitrogens with one attached hydrogen (secondary N) is 1. The lowest BCUT2D eigenvalue weighted by atomic mass is 9.48. The molecule has 5 nitrogen and oxygen atoms in total. The van der Waals surface area contributed by atoms with Gasteiger partial charge >= 0.3 is 0 Å². The average molecular weight is 408 g/mol. The Balaban J connectivity index is 1.37. The third-order valence-corrected chi connectivity index (χ3v) is 9.38. The number of hydrogen-bond donors (Lipinski definition) is 1. The number of fused-ring (bicyclic) bond motifs is 5. The van der Waals surface area contributed by atoms with Crippen LogP contribution in [0.25, 0.3) is 0 Å². The van der Waals surface area contributed by atoms with E-state index in [2.05, 4.69) is 30.2 Å². The van der Waals surface area contributed by atoms with Crippen LogP contribution < -0.4 is 5.32 Å². The quantitative estimate of drug-likeness (QED) is 0.811. The van der Waals surface area contributed by atoms with Crippen molar-refractivity contribution in [1.82, 2.24) is 15.2 Å². The van der Waals surface area contributed by atoms with Gasteiger partial charge in [0.15, 0.2) is 0 Å².